The number of benzene rings is 1. The van der Waals surface area contributed by atoms with Crippen LogP contribution in [0.2, 0.25) is 0 Å². The van der Waals surface area contributed by atoms with E-state index in [0.29, 0.717) is 12.6 Å². The first-order valence-electron chi connectivity index (χ1n) is 6.77. The van der Waals surface area contributed by atoms with Crippen LogP contribution in [-0.2, 0) is 13.0 Å². The lowest BCUT2D eigenvalue weighted by Crippen LogP contribution is -2.15. The molecule has 106 valence electrons. The Bertz CT molecular complexity index is 596. The SMILES string of the molecule is CCc1nsc(Sc2ccc(F)cc2CNC2CC2)n1. The molecule has 1 aromatic carbocycles. The topological polar surface area (TPSA) is 37.8 Å². The summed E-state index contributed by atoms with van der Waals surface area (Å²) >= 11 is 2.98. The van der Waals surface area contributed by atoms with Crippen molar-refractivity contribution in [2.24, 2.45) is 0 Å². The predicted octanol–water partition coefficient (Wildman–Crippen LogP) is 3.64. The van der Waals surface area contributed by atoms with Gasteiger partial charge < -0.3 is 5.32 Å². The highest BCUT2D eigenvalue weighted by Crippen LogP contribution is 2.32. The summed E-state index contributed by atoms with van der Waals surface area (Å²) in [6.45, 7) is 2.75. The van der Waals surface area contributed by atoms with Gasteiger partial charge >= 0.3 is 0 Å². The molecule has 1 saturated carbocycles. The Hall–Kier alpha value is -0.980. The molecule has 1 aromatic heterocycles. The number of halogens is 1. The molecule has 0 atom stereocenters. The number of aryl methyl sites for hydroxylation is 1. The zero-order valence-corrected chi connectivity index (χ0v) is 12.9. The van der Waals surface area contributed by atoms with Gasteiger partial charge in [-0.1, -0.05) is 18.7 Å². The van der Waals surface area contributed by atoms with Crippen LogP contribution in [0.4, 0.5) is 4.39 Å². The lowest BCUT2D eigenvalue weighted by molar-refractivity contribution is 0.616. The summed E-state index contributed by atoms with van der Waals surface area (Å²) in [5, 5.41) is 3.43. The summed E-state index contributed by atoms with van der Waals surface area (Å²) in [6, 6.07) is 5.56. The Morgan fingerprint density at radius 2 is 2.30 bits per heavy atom. The van der Waals surface area contributed by atoms with Gasteiger partial charge in [0, 0.05) is 23.9 Å². The minimum Gasteiger partial charge on any atom is -0.310 e. The molecule has 1 aliphatic carbocycles. The van der Waals surface area contributed by atoms with Crippen LogP contribution in [0.25, 0.3) is 0 Å². The van der Waals surface area contributed by atoms with E-state index in [9.17, 15) is 4.39 Å². The number of hydrogen-bond donors (Lipinski definition) is 1. The fourth-order valence-corrected chi connectivity index (χ4v) is 3.61. The number of aromatic nitrogens is 2. The van der Waals surface area contributed by atoms with Crippen LogP contribution in [0, 0.1) is 5.82 Å². The monoisotopic (exact) mass is 309 g/mol. The Morgan fingerprint density at radius 1 is 1.45 bits per heavy atom. The van der Waals surface area contributed by atoms with E-state index >= 15 is 0 Å². The summed E-state index contributed by atoms with van der Waals surface area (Å²) in [4.78, 5) is 5.51. The molecule has 1 aliphatic rings. The van der Waals surface area contributed by atoms with Gasteiger partial charge in [0.05, 0.1) is 0 Å². The van der Waals surface area contributed by atoms with Crippen LogP contribution in [0.15, 0.2) is 27.4 Å². The molecule has 0 bridgehead atoms. The molecule has 2 aromatic rings. The van der Waals surface area contributed by atoms with Gasteiger partial charge in [-0.25, -0.2) is 9.37 Å². The Morgan fingerprint density at radius 3 is 3.00 bits per heavy atom. The third kappa shape index (κ3) is 3.56. The summed E-state index contributed by atoms with van der Waals surface area (Å²) in [5.41, 5.74) is 0.996. The third-order valence-electron chi connectivity index (χ3n) is 3.14. The Kier molecular flexibility index (Phi) is 4.33. The van der Waals surface area contributed by atoms with E-state index in [-0.39, 0.29) is 5.82 Å². The van der Waals surface area contributed by atoms with E-state index in [1.54, 1.807) is 17.8 Å². The molecule has 3 rings (SSSR count). The molecule has 6 heteroatoms. The molecule has 0 saturated heterocycles. The lowest BCUT2D eigenvalue weighted by atomic mass is 10.2. The lowest BCUT2D eigenvalue weighted by Gasteiger charge is -2.08. The standard InChI is InChI=1S/C14H16FN3S2/c1-2-13-17-14(20-18-13)19-12-6-3-10(15)7-9(12)8-16-11-4-5-11/h3,6-7,11,16H,2,4-5,8H2,1H3. The van der Waals surface area contributed by atoms with Crippen molar-refractivity contribution in [2.75, 3.05) is 0 Å². The highest BCUT2D eigenvalue weighted by atomic mass is 32.2. The molecule has 1 N–H and O–H groups in total. The van der Waals surface area contributed by atoms with Gasteiger partial charge in [0.2, 0.25) is 0 Å². The normalized spacial score (nSPS) is 14.7. The van der Waals surface area contributed by atoms with Crippen LogP contribution in [0.1, 0.15) is 31.2 Å². The van der Waals surface area contributed by atoms with E-state index in [1.807, 2.05) is 13.0 Å². The Balaban J connectivity index is 1.75. The Labute approximate surface area is 126 Å². The van der Waals surface area contributed by atoms with E-state index in [1.165, 1.54) is 30.4 Å². The molecule has 0 unspecified atom stereocenters. The molecule has 1 heterocycles. The number of hydrogen-bond acceptors (Lipinski definition) is 5. The zero-order valence-electron chi connectivity index (χ0n) is 11.2. The van der Waals surface area contributed by atoms with Gasteiger partial charge in [0.1, 0.15) is 11.6 Å². The van der Waals surface area contributed by atoms with Crippen molar-refractivity contribution >= 4 is 23.3 Å². The van der Waals surface area contributed by atoms with E-state index in [0.717, 1.165) is 27.0 Å². The van der Waals surface area contributed by atoms with Crippen LogP contribution in [0.5, 0.6) is 0 Å². The van der Waals surface area contributed by atoms with Crippen LogP contribution >= 0.6 is 23.3 Å². The first-order valence-corrected chi connectivity index (χ1v) is 8.36. The van der Waals surface area contributed by atoms with E-state index in [2.05, 4.69) is 14.7 Å². The van der Waals surface area contributed by atoms with Crippen LogP contribution < -0.4 is 5.32 Å². The number of nitrogens with zero attached hydrogens (tertiary/aromatic N) is 2. The number of rotatable bonds is 6. The largest absolute Gasteiger partial charge is 0.310 e. The number of nitrogens with one attached hydrogen (secondary N) is 1. The first-order chi connectivity index (χ1) is 9.74. The smallest absolute Gasteiger partial charge is 0.174 e. The summed E-state index contributed by atoms with van der Waals surface area (Å²) < 4.78 is 18.6. The first kappa shape index (κ1) is 14.0. The van der Waals surface area contributed by atoms with Gasteiger partial charge in [-0.2, -0.15) is 4.37 Å². The highest BCUT2D eigenvalue weighted by Gasteiger charge is 2.20. The molecule has 0 aliphatic heterocycles. The van der Waals surface area contributed by atoms with Gasteiger partial charge in [-0.3, -0.25) is 0 Å². The van der Waals surface area contributed by atoms with Gasteiger partial charge in [-0.05, 0) is 48.1 Å². The van der Waals surface area contributed by atoms with Crippen molar-refractivity contribution in [3.63, 3.8) is 0 Å². The van der Waals surface area contributed by atoms with Crippen LogP contribution in [0.3, 0.4) is 0 Å². The summed E-state index contributed by atoms with van der Waals surface area (Å²) in [5.74, 6) is 0.686. The maximum atomic E-state index is 13.4. The van der Waals surface area contributed by atoms with Crippen molar-refractivity contribution in [1.82, 2.24) is 14.7 Å². The molecule has 20 heavy (non-hydrogen) atoms. The molecular formula is C14H16FN3S2. The second kappa shape index (κ2) is 6.20. The predicted molar refractivity (Wildman–Crippen MR) is 79.7 cm³/mol. The van der Waals surface area contributed by atoms with E-state index < -0.39 is 0 Å². The molecule has 3 nitrogen and oxygen atoms in total. The van der Waals surface area contributed by atoms with E-state index in [4.69, 9.17) is 0 Å². The van der Waals surface area contributed by atoms with Gasteiger partial charge in [-0.15, -0.1) is 0 Å². The molecular weight excluding hydrogens is 293 g/mol. The zero-order chi connectivity index (χ0) is 13.9. The second-order valence-electron chi connectivity index (χ2n) is 4.84. The van der Waals surface area contributed by atoms with Crippen molar-refractivity contribution in [3.05, 3.63) is 35.4 Å². The quantitative estimate of drug-likeness (QED) is 0.884. The third-order valence-corrected chi connectivity index (χ3v) is 5.05. The van der Waals surface area contributed by atoms with Crippen molar-refractivity contribution in [1.29, 1.82) is 0 Å². The van der Waals surface area contributed by atoms with Crippen LogP contribution in [-0.4, -0.2) is 15.4 Å². The fraction of sp³-hybridized carbons (Fsp3) is 0.429. The maximum Gasteiger partial charge on any atom is 0.174 e. The second-order valence-corrected chi connectivity index (χ2v) is 6.88. The highest BCUT2D eigenvalue weighted by molar-refractivity contribution is 8.01. The minimum atomic E-state index is -0.187. The molecule has 0 radical (unpaired) electrons. The molecule has 0 amide bonds. The van der Waals surface area contributed by atoms with Gasteiger partial charge in [0.25, 0.3) is 0 Å². The summed E-state index contributed by atoms with van der Waals surface area (Å²) in [7, 11) is 0. The van der Waals surface area contributed by atoms with Gasteiger partial charge in [0.15, 0.2) is 4.34 Å². The molecule has 0 spiro atoms. The van der Waals surface area contributed by atoms with Crippen molar-refractivity contribution in [2.45, 2.75) is 48.0 Å². The van der Waals surface area contributed by atoms with Crippen molar-refractivity contribution < 1.29 is 4.39 Å². The summed E-state index contributed by atoms with van der Waals surface area (Å²) in [6.07, 6.45) is 3.30. The fourth-order valence-electron chi connectivity index (χ4n) is 1.84. The maximum absolute atomic E-state index is 13.4. The van der Waals surface area contributed by atoms with Crippen molar-refractivity contribution in [3.8, 4) is 0 Å². The average molecular weight is 309 g/mol. The minimum absolute atomic E-state index is 0.187. The molecule has 1 fully saturated rings. The average Bonchev–Trinajstić information content (AvgIpc) is 3.17.